The maximum absolute atomic E-state index is 7.29. The molecule has 1 N–H and O–H groups in total. The summed E-state index contributed by atoms with van der Waals surface area (Å²) in [6.45, 7) is 6.17. The maximum atomic E-state index is 7.29. The lowest BCUT2D eigenvalue weighted by molar-refractivity contribution is 1.10. The third-order valence-electron chi connectivity index (χ3n) is 1.36. The van der Waals surface area contributed by atoms with Crippen LogP contribution in [0, 0.1) is 5.41 Å². The Morgan fingerprint density at radius 3 is 2.22 bits per heavy atom. The molecule has 0 radical (unpaired) electrons. The van der Waals surface area contributed by atoms with Crippen LogP contribution in [-0.4, -0.2) is 5.71 Å². The molecule has 52 valence electrons. The molecule has 9 heavy (non-hydrogen) atoms. The van der Waals surface area contributed by atoms with Crippen LogP contribution in [0.4, 0.5) is 0 Å². The largest absolute Gasteiger partial charge is 0.305 e. The fraction of sp³-hybridized carbons (Fsp3) is 0.625. The Morgan fingerprint density at radius 1 is 1.33 bits per heavy atom. The highest BCUT2D eigenvalue weighted by Crippen LogP contribution is 1.98. The minimum absolute atomic E-state index is 0.731. The van der Waals surface area contributed by atoms with Crippen LogP contribution in [0.3, 0.4) is 0 Å². The van der Waals surface area contributed by atoms with E-state index in [-0.39, 0.29) is 0 Å². The molecule has 0 aliphatic heterocycles. The van der Waals surface area contributed by atoms with E-state index < -0.39 is 0 Å². The summed E-state index contributed by atoms with van der Waals surface area (Å²) in [5, 5.41) is 7.29. The van der Waals surface area contributed by atoms with Crippen LogP contribution >= 0.6 is 0 Å². The Morgan fingerprint density at radius 2 is 1.89 bits per heavy atom. The molecule has 0 aromatic carbocycles. The SMILES string of the molecule is CCC(=N)/C=C(\C)CC. The minimum Gasteiger partial charge on any atom is -0.305 e. The van der Waals surface area contributed by atoms with E-state index in [2.05, 4.69) is 13.8 Å². The molecule has 0 saturated heterocycles. The van der Waals surface area contributed by atoms with Crippen LogP contribution in [0.25, 0.3) is 0 Å². The quantitative estimate of drug-likeness (QED) is 0.561. The highest BCUT2D eigenvalue weighted by molar-refractivity contribution is 5.92. The van der Waals surface area contributed by atoms with E-state index in [4.69, 9.17) is 5.41 Å². The topological polar surface area (TPSA) is 23.9 Å². The highest BCUT2D eigenvalue weighted by atomic mass is 14.4. The average molecular weight is 125 g/mol. The summed E-state index contributed by atoms with van der Waals surface area (Å²) in [7, 11) is 0. The molecule has 0 aromatic rings. The molecule has 0 rings (SSSR count). The van der Waals surface area contributed by atoms with Gasteiger partial charge in [-0.3, -0.25) is 0 Å². The van der Waals surface area contributed by atoms with Gasteiger partial charge in [0.25, 0.3) is 0 Å². The lowest BCUT2D eigenvalue weighted by Gasteiger charge is -1.93. The van der Waals surface area contributed by atoms with E-state index >= 15 is 0 Å². The van der Waals surface area contributed by atoms with Crippen LogP contribution in [0.1, 0.15) is 33.6 Å². The van der Waals surface area contributed by atoms with E-state index in [1.54, 1.807) is 0 Å². The third-order valence-corrected chi connectivity index (χ3v) is 1.36. The first-order valence-corrected chi connectivity index (χ1v) is 3.45. The van der Waals surface area contributed by atoms with Crippen LogP contribution in [0.5, 0.6) is 0 Å². The Kier molecular flexibility index (Phi) is 4.02. The first kappa shape index (κ1) is 8.41. The van der Waals surface area contributed by atoms with Crippen molar-refractivity contribution in [3.8, 4) is 0 Å². The molecule has 0 heterocycles. The van der Waals surface area contributed by atoms with Crippen molar-refractivity contribution in [3.63, 3.8) is 0 Å². The molecule has 0 spiro atoms. The van der Waals surface area contributed by atoms with Crippen molar-refractivity contribution in [1.82, 2.24) is 0 Å². The van der Waals surface area contributed by atoms with Gasteiger partial charge >= 0.3 is 0 Å². The summed E-state index contributed by atoms with van der Waals surface area (Å²) < 4.78 is 0. The normalized spacial score (nSPS) is 11.7. The number of rotatable bonds is 3. The summed E-state index contributed by atoms with van der Waals surface area (Å²) in [6.07, 6.45) is 3.85. The zero-order valence-electron chi connectivity index (χ0n) is 6.49. The number of allylic oxidation sites excluding steroid dienone is 2. The molecule has 0 amide bonds. The number of hydrogen-bond acceptors (Lipinski definition) is 1. The van der Waals surface area contributed by atoms with Crippen LogP contribution in [0.15, 0.2) is 11.6 Å². The van der Waals surface area contributed by atoms with Gasteiger partial charge in [-0.05, 0) is 25.8 Å². The van der Waals surface area contributed by atoms with Gasteiger partial charge in [0.15, 0.2) is 0 Å². The van der Waals surface area contributed by atoms with Gasteiger partial charge in [0, 0.05) is 5.71 Å². The number of nitrogens with one attached hydrogen (secondary N) is 1. The van der Waals surface area contributed by atoms with Crippen molar-refractivity contribution in [1.29, 1.82) is 5.41 Å². The van der Waals surface area contributed by atoms with Crippen molar-refractivity contribution in [2.24, 2.45) is 0 Å². The molecule has 0 aromatic heterocycles. The van der Waals surface area contributed by atoms with Gasteiger partial charge < -0.3 is 5.41 Å². The highest BCUT2D eigenvalue weighted by Gasteiger charge is 1.86. The summed E-state index contributed by atoms with van der Waals surface area (Å²) in [5.74, 6) is 0. The van der Waals surface area contributed by atoms with Gasteiger partial charge in [-0.2, -0.15) is 0 Å². The van der Waals surface area contributed by atoms with Gasteiger partial charge in [0.1, 0.15) is 0 Å². The van der Waals surface area contributed by atoms with E-state index in [9.17, 15) is 0 Å². The first-order chi connectivity index (χ1) is 4.20. The molecule has 0 atom stereocenters. The van der Waals surface area contributed by atoms with Crippen molar-refractivity contribution in [3.05, 3.63) is 11.6 Å². The van der Waals surface area contributed by atoms with Crippen LogP contribution < -0.4 is 0 Å². The van der Waals surface area contributed by atoms with Crippen molar-refractivity contribution in [2.75, 3.05) is 0 Å². The van der Waals surface area contributed by atoms with Gasteiger partial charge in [-0.15, -0.1) is 0 Å². The summed E-state index contributed by atoms with van der Waals surface area (Å²) in [4.78, 5) is 0. The third kappa shape index (κ3) is 3.95. The van der Waals surface area contributed by atoms with E-state index in [0.29, 0.717) is 0 Å². The molecule has 0 fully saturated rings. The van der Waals surface area contributed by atoms with Crippen molar-refractivity contribution < 1.29 is 0 Å². The lowest BCUT2D eigenvalue weighted by Crippen LogP contribution is -1.87. The molecule has 0 bridgehead atoms. The molecular formula is C8H15N. The average Bonchev–Trinajstić information content (AvgIpc) is 1.87. The molecule has 0 aliphatic carbocycles. The molecule has 0 unspecified atom stereocenters. The van der Waals surface area contributed by atoms with E-state index in [0.717, 1.165) is 18.6 Å². The van der Waals surface area contributed by atoms with Crippen LogP contribution in [0.2, 0.25) is 0 Å². The minimum atomic E-state index is 0.731. The van der Waals surface area contributed by atoms with Crippen LogP contribution in [-0.2, 0) is 0 Å². The predicted octanol–water partition coefficient (Wildman–Crippen LogP) is 2.77. The monoisotopic (exact) mass is 125 g/mol. The summed E-state index contributed by atoms with van der Waals surface area (Å²) in [6, 6.07) is 0. The van der Waals surface area contributed by atoms with E-state index in [1.165, 1.54) is 5.57 Å². The first-order valence-electron chi connectivity index (χ1n) is 3.45. The molecule has 0 saturated carbocycles. The zero-order valence-corrected chi connectivity index (χ0v) is 6.49. The standard InChI is InChI=1S/C8H15N/c1-4-7(3)6-8(9)5-2/h6,9H,4-5H2,1-3H3/b7-6+,9-8?. The Bertz CT molecular complexity index is 123. The zero-order chi connectivity index (χ0) is 7.28. The van der Waals surface area contributed by atoms with Gasteiger partial charge in [-0.25, -0.2) is 0 Å². The van der Waals surface area contributed by atoms with Crippen molar-refractivity contribution >= 4 is 5.71 Å². The maximum Gasteiger partial charge on any atom is 0.0310 e. The Labute approximate surface area is 57.3 Å². The lowest BCUT2D eigenvalue weighted by atomic mass is 10.1. The predicted molar refractivity (Wildman–Crippen MR) is 42.1 cm³/mol. The molecule has 1 heteroatoms. The molecule has 0 aliphatic rings. The second-order valence-corrected chi connectivity index (χ2v) is 2.22. The second-order valence-electron chi connectivity index (χ2n) is 2.22. The molecule has 1 nitrogen and oxygen atoms in total. The Balaban J connectivity index is 3.79. The fourth-order valence-corrected chi connectivity index (χ4v) is 0.502. The van der Waals surface area contributed by atoms with E-state index in [1.807, 2.05) is 13.0 Å². The smallest absolute Gasteiger partial charge is 0.0310 e. The van der Waals surface area contributed by atoms with Crippen molar-refractivity contribution in [2.45, 2.75) is 33.6 Å². The van der Waals surface area contributed by atoms with Gasteiger partial charge in [0.05, 0.1) is 0 Å². The Hall–Kier alpha value is -0.590. The summed E-state index contributed by atoms with van der Waals surface area (Å²) >= 11 is 0. The second kappa shape index (κ2) is 4.30. The van der Waals surface area contributed by atoms with Gasteiger partial charge in [-0.1, -0.05) is 19.4 Å². The summed E-state index contributed by atoms with van der Waals surface area (Å²) in [5.41, 5.74) is 2.02. The number of hydrogen-bond donors (Lipinski definition) is 1. The molecular weight excluding hydrogens is 110 g/mol. The fourth-order valence-electron chi connectivity index (χ4n) is 0.502. The van der Waals surface area contributed by atoms with Gasteiger partial charge in [0.2, 0.25) is 0 Å².